The van der Waals surface area contributed by atoms with E-state index < -0.39 is 0 Å². The van der Waals surface area contributed by atoms with Crippen LogP contribution in [0.2, 0.25) is 0 Å². The van der Waals surface area contributed by atoms with Crippen molar-refractivity contribution in [2.75, 3.05) is 11.1 Å². The number of hydrogen-bond acceptors (Lipinski definition) is 4. The average molecular weight is 434 g/mol. The highest BCUT2D eigenvalue weighted by molar-refractivity contribution is 9.10. The van der Waals surface area contributed by atoms with Crippen molar-refractivity contribution in [1.82, 2.24) is 5.43 Å². The molecule has 0 saturated heterocycles. The SMILES string of the molecule is CC(=O)Nc1ccc(C=NNC(=O)CSc2cc(C)c(Br)cc2C)cc1. The van der Waals surface area contributed by atoms with Gasteiger partial charge in [0.25, 0.3) is 0 Å². The first-order valence-electron chi connectivity index (χ1n) is 7.94. The van der Waals surface area contributed by atoms with Crippen LogP contribution in [0.5, 0.6) is 0 Å². The number of halogens is 1. The van der Waals surface area contributed by atoms with Gasteiger partial charge in [0, 0.05) is 22.0 Å². The number of carbonyl (C=O) groups is 2. The summed E-state index contributed by atoms with van der Waals surface area (Å²) < 4.78 is 1.07. The molecule has 2 aromatic rings. The van der Waals surface area contributed by atoms with Gasteiger partial charge in [0.05, 0.1) is 12.0 Å². The number of anilines is 1. The molecule has 0 fully saturated rings. The zero-order chi connectivity index (χ0) is 19.1. The first kappa shape index (κ1) is 20.2. The van der Waals surface area contributed by atoms with E-state index in [4.69, 9.17) is 0 Å². The Labute approximate surface area is 165 Å². The van der Waals surface area contributed by atoms with Gasteiger partial charge < -0.3 is 5.32 Å². The molecule has 0 bridgehead atoms. The number of aryl methyl sites for hydroxylation is 2. The summed E-state index contributed by atoms with van der Waals surface area (Å²) in [6, 6.07) is 11.3. The molecule has 2 amide bonds. The van der Waals surface area contributed by atoms with Crippen molar-refractivity contribution in [1.29, 1.82) is 0 Å². The van der Waals surface area contributed by atoms with Gasteiger partial charge in [-0.25, -0.2) is 5.43 Å². The van der Waals surface area contributed by atoms with E-state index in [-0.39, 0.29) is 11.8 Å². The highest BCUT2D eigenvalue weighted by Gasteiger charge is 2.06. The molecular formula is C19H20BrN3O2S. The third-order valence-corrected chi connectivity index (χ3v) is 5.46. The van der Waals surface area contributed by atoms with E-state index >= 15 is 0 Å². The van der Waals surface area contributed by atoms with Gasteiger partial charge in [-0.3, -0.25) is 9.59 Å². The molecule has 0 unspecified atom stereocenters. The molecule has 7 heteroatoms. The van der Waals surface area contributed by atoms with Crippen LogP contribution in [0.4, 0.5) is 5.69 Å². The summed E-state index contributed by atoms with van der Waals surface area (Å²) >= 11 is 4.99. The van der Waals surface area contributed by atoms with Crippen molar-refractivity contribution < 1.29 is 9.59 Å². The van der Waals surface area contributed by atoms with Crippen molar-refractivity contribution in [3.8, 4) is 0 Å². The molecule has 0 spiro atoms. The number of carbonyl (C=O) groups excluding carboxylic acids is 2. The Balaban J connectivity index is 1.84. The minimum absolute atomic E-state index is 0.118. The van der Waals surface area contributed by atoms with Gasteiger partial charge >= 0.3 is 0 Å². The monoisotopic (exact) mass is 433 g/mol. The van der Waals surface area contributed by atoms with Crippen LogP contribution >= 0.6 is 27.7 Å². The minimum atomic E-state index is -0.166. The number of thioether (sulfide) groups is 1. The van der Waals surface area contributed by atoms with Crippen molar-refractivity contribution in [2.45, 2.75) is 25.7 Å². The van der Waals surface area contributed by atoms with Crippen LogP contribution in [0, 0.1) is 13.8 Å². The Hall–Kier alpha value is -2.12. The Morgan fingerprint density at radius 1 is 1.15 bits per heavy atom. The van der Waals surface area contributed by atoms with Crippen LogP contribution in [-0.4, -0.2) is 23.8 Å². The summed E-state index contributed by atoms with van der Waals surface area (Å²) in [5.41, 5.74) is 6.33. The van der Waals surface area contributed by atoms with Gasteiger partial charge in [-0.1, -0.05) is 28.1 Å². The van der Waals surface area contributed by atoms with E-state index in [0.717, 1.165) is 31.7 Å². The maximum atomic E-state index is 11.9. The third-order valence-electron chi connectivity index (χ3n) is 3.45. The first-order chi connectivity index (χ1) is 12.3. The summed E-state index contributed by atoms with van der Waals surface area (Å²) in [6.45, 7) is 5.50. The molecule has 0 aliphatic carbocycles. The molecule has 5 nitrogen and oxygen atoms in total. The summed E-state index contributed by atoms with van der Waals surface area (Å²) in [6.07, 6.45) is 1.56. The molecule has 136 valence electrons. The molecule has 2 rings (SSSR count). The zero-order valence-corrected chi connectivity index (χ0v) is 17.2. The van der Waals surface area contributed by atoms with Crippen LogP contribution in [0.3, 0.4) is 0 Å². The predicted octanol–water partition coefficient (Wildman–Crippen LogP) is 4.27. The number of rotatable bonds is 6. The lowest BCUT2D eigenvalue weighted by Gasteiger charge is -2.08. The second-order valence-electron chi connectivity index (χ2n) is 5.75. The molecule has 0 radical (unpaired) electrons. The maximum absolute atomic E-state index is 11.9. The topological polar surface area (TPSA) is 70.6 Å². The fourth-order valence-corrected chi connectivity index (χ4v) is 3.48. The second-order valence-corrected chi connectivity index (χ2v) is 7.62. The number of amides is 2. The second kappa shape index (κ2) is 9.54. The van der Waals surface area contributed by atoms with Crippen molar-refractivity contribution >= 4 is 51.4 Å². The lowest BCUT2D eigenvalue weighted by atomic mass is 10.2. The smallest absolute Gasteiger partial charge is 0.250 e. The van der Waals surface area contributed by atoms with Gasteiger partial charge in [-0.2, -0.15) is 5.10 Å². The van der Waals surface area contributed by atoms with Gasteiger partial charge in [-0.15, -0.1) is 11.8 Å². The number of nitrogens with one attached hydrogen (secondary N) is 2. The molecule has 0 atom stereocenters. The quantitative estimate of drug-likeness (QED) is 0.405. The van der Waals surface area contributed by atoms with Crippen LogP contribution in [0.1, 0.15) is 23.6 Å². The van der Waals surface area contributed by atoms with Crippen LogP contribution in [-0.2, 0) is 9.59 Å². The highest BCUT2D eigenvalue weighted by atomic mass is 79.9. The van der Waals surface area contributed by atoms with E-state index in [9.17, 15) is 9.59 Å². The Kier molecular flexibility index (Phi) is 7.41. The van der Waals surface area contributed by atoms with E-state index in [2.05, 4.69) is 43.9 Å². The van der Waals surface area contributed by atoms with Crippen LogP contribution in [0.25, 0.3) is 0 Å². The number of nitrogens with zero attached hydrogens (tertiary/aromatic N) is 1. The fraction of sp³-hybridized carbons (Fsp3) is 0.211. The normalized spacial score (nSPS) is 10.8. The number of hydrazone groups is 1. The molecule has 0 aliphatic rings. The maximum Gasteiger partial charge on any atom is 0.250 e. The van der Waals surface area contributed by atoms with Crippen LogP contribution in [0.15, 0.2) is 50.9 Å². The van der Waals surface area contributed by atoms with Gasteiger partial charge in [0.2, 0.25) is 11.8 Å². The lowest BCUT2D eigenvalue weighted by Crippen LogP contribution is -2.19. The lowest BCUT2D eigenvalue weighted by molar-refractivity contribution is -0.118. The Bertz CT molecular complexity index is 835. The van der Waals surface area contributed by atoms with E-state index in [0.29, 0.717) is 5.75 Å². The van der Waals surface area contributed by atoms with Gasteiger partial charge in [0.15, 0.2) is 0 Å². The third kappa shape index (κ3) is 6.31. The molecule has 0 aliphatic heterocycles. The van der Waals surface area contributed by atoms with Gasteiger partial charge in [-0.05, 0) is 54.8 Å². The molecule has 2 N–H and O–H groups in total. The Morgan fingerprint density at radius 2 is 1.85 bits per heavy atom. The predicted molar refractivity (Wildman–Crippen MR) is 111 cm³/mol. The summed E-state index contributed by atoms with van der Waals surface area (Å²) in [5, 5.41) is 6.66. The average Bonchev–Trinajstić information content (AvgIpc) is 2.58. The summed E-state index contributed by atoms with van der Waals surface area (Å²) in [5.74, 6) is 0.00856. The molecule has 0 heterocycles. The fourth-order valence-electron chi connectivity index (χ4n) is 2.12. The minimum Gasteiger partial charge on any atom is -0.326 e. The van der Waals surface area contributed by atoms with Crippen molar-refractivity contribution in [2.24, 2.45) is 5.10 Å². The van der Waals surface area contributed by atoms with Crippen LogP contribution < -0.4 is 10.7 Å². The number of benzene rings is 2. The summed E-state index contributed by atoms with van der Waals surface area (Å²) in [7, 11) is 0. The summed E-state index contributed by atoms with van der Waals surface area (Å²) in [4.78, 5) is 24.0. The molecule has 0 saturated carbocycles. The first-order valence-corrected chi connectivity index (χ1v) is 9.72. The molecule has 26 heavy (non-hydrogen) atoms. The molecular weight excluding hydrogens is 414 g/mol. The van der Waals surface area contributed by atoms with Crippen molar-refractivity contribution in [3.63, 3.8) is 0 Å². The number of hydrogen-bond donors (Lipinski definition) is 2. The molecule has 0 aromatic heterocycles. The molecule has 2 aromatic carbocycles. The highest BCUT2D eigenvalue weighted by Crippen LogP contribution is 2.28. The largest absolute Gasteiger partial charge is 0.326 e. The van der Waals surface area contributed by atoms with E-state index in [1.807, 2.05) is 26.0 Å². The standard InChI is InChI=1S/C19H20BrN3O2S/c1-12-9-18(13(2)8-17(12)20)26-11-19(25)23-21-10-15-4-6-16(7-5-15)22-14(3)24/h4-10H,11H2,1-3H3,(H,22,24)(H,23,25). The van der Waals surface area contributed by atoms with E-state index in [1.165, 1.54) is 18.7 Å². The van der Waals surface area contributed by atoms with Gasteiger partial charge in [0.1, 0.15) is 0 Å². The zero-order valence-electron chi connectivity index (χ0n) is 14.8. The van der Waals surface area contributed by atoms with Crippen molar-refractivity contribution in [3.05, 3.63) is 57.6 Å². The Morgan fingerprint density at radius 3 is 2.50 bits per heavy atom. The van der Waals surface area contributed by atoms with E-state index in [1.54, 1.807) is 18.3 Å².